The maximum absolute atomic E-state index is 12.5. The second kappa shape index (κ2) is 6.78. The topological polar surface area (TPSA) is 63.2 Å². The van der Waals surface area contributed by atoms with E-state index in [1.165, 1.54) is 24.3 Å². The van der Waals surface area contributed by atoms with E-state index in [0.717, 1.165) is 28.9 Å². The average molecular weight is 382 g/mol. The minimum atomic E-state index is -3.27. The van der Waals surface area contributed by atoms with Crippen LogP contribution in [-0.4, -0.2) is 26.3 Å². The number of benzene rings is 2. The summed E-state index contributed by atoms with van der Waals surface area (Å²) in [5.41, 5.74) is 1.46. The number of amides is 1. The summed E-state index contributed by atoms with van der Waals surface area (Å²) in [7, 11) is -3.27. The van der Waals surface area contributed by atoms with Crippen molar-refractivity contribution < 1.29 is 13.2 Å². The molecule has 24 heavy (non-hydrogen) atoms. The van der Waals surface area contributed by atoms with Gasteiger partial charge in [-0.3, -0.25) is 4.79 Å². The lowest BCUT2D eigenvalue weighted by Gasteiger charge is -2.26. The predicted octanol–water partition coefficient (Wildman–Crippen LogP) is 3.71. The van der Waals surface area contributed by atoms with Gasteiger partial charge in [0.05, 0.1) is 10.9 Å². The third kappa shape index (κ3) is 3.77. The first kappa shape index (κ1) is 17.3. The fourth-order valence-electron chi connectivity index (χ4n) is 2.61. The number of sulfone groups is 1. The van der Waals surface area contributed by atoms with Gasteiger partial charge in [0.2, 0.25) is 0 Å². The van der Waals surface area contributed by atoms with Crippen molar-refractivity contribution in [3.63, 3.8) is 0 Å². The first-order valence-electron chi connectivity index (χ1n) is 7.38. The number of hydrogen-bond acceptors (Lipinski definition) is 4. The Balaban J connectivity index is 1.80. The molecule has 1 aliphatic rings. The number of fused-ring (bicyclic) bond motifs is 1. The van der Waals surface area contributed by atoms with Gasteiger partial charge in [0.1, 0.15) is 0 Å². The highest BCUT2D eigenvalue weighted by Gasteiger charge is 2.23. The maximum atomic E-state index is 12.5. The molecule has 126 valence electrons. The number of carbonyl (C=O) groups excluding carboxylic acids is 1. The maximum Gasteiger partial charge on any atom is 0.251 e. The molecule has 4 nitrogen and oxygen atoms in total. The zero-order chi connectivity index (χ0) is 17.3. The van der Waals surface area contributed by atoms with E-state index >= 15 is 0 Å². The molecule has 1 N–H and O–H groups in total. The fraction of sp³-hybridized carbons (Fsp3) is 0.235. The van der Waals surface area contributed by atoms with Gasteiger partial charge in [0.15, 0.2) is 9.84 Å². The Morgan fingerprint density at radius 3 is 2.58 bits per heavy atom. The van der Waals surface area contributed by atoms with Crippen LogP contribution in [0.5, 0.6) is 0 Å². The first-order chi connectivity index (χ1) is 11.3. The Morgan fingerprint density at radius 2 is 1.92 bits per heavy atom. The Bertz CT molecular complexity index is 879. The Hall–Kier alpha value is -1.50. The summed E-state index contributed by atoms with van der Waals surface area (Å²) in [5.74, 6) is 0.699. The van der Waals surface area contributed by atoms with E-state index in [1.807, 2.05) is 18.2 Å². The monoisotopic (exact) mass is 381 g/mol. The SMILES string of the molecule is CS(=O)(=O)c1ccc(C(=O)N[C@@H]2CCSc3ccc(Cl)cc32)cc1. The summed E-state index contributed by atoms with van der Waals surface area (Å²) in [5, 5.41) is 3.66. The van der Waals surface area contributed by atoms with Crippen LogP contribution in [0.4, 0.5) is 0 Å². The third-order valence-electron chi connectivity index (χ3n) is 3.86. The van der Waals surface area contributed by atoms with Gasteiger partial charge in [0.25, 0.3) is 5.91 Å². The van der Waals surface area contributed by atoms with Gasteiger partial charge in [0, 0.05) is 27.5 Å². The van der Waals surface area contributed by atoms with Crippen molar-refractivity contribution in [2.75, 3.05) is 12.0 Å². The highest BCUT2D eigenvalue weighted by molar-refractivity contribution is 7.99. The van der Waals surface area contributed by atoms with Gasteiger partial charge in [-0.15, -0.1) is 11.8 Å². The molecule has 1 heterocycles. The second-order valence-electron chi connectivity index (χ2n) is 5.64. The quantitative estimate of drug-likeness (QED) is 0.880. The summed E-state index contributed by atoms with van der Waals surface area (Å²) >= 11 is 7.83. The largest absolute Gasteiger partial charge is 0.345 e. The van der Waals surface area contributed by atoms with E-state index < -0.39 is 9.84 Å². The molecule has 0 saturated heterocycles. The number of rotatable bonds is 3. The lowest BCUT2D eigenvalue weighted by molar-refractivity contribution is 0.0935. The van der Waals surface area contributed by atoms with Crippen LogP contribution in [-0.2, 0) is 9.84 Å². The zero-order valence-electron chi connectivity index (χ0n) is 13.0. The van der Waals surface area contributed by atoms with Gasteiger partial charge in [-0.05, 0) is 54.4 Å². The molecule has 2 aromatic carbocycles. The second-order valence-corrected chi connectivity index (χ2v) is 9.23. The van der Waals surface area contributed by atoms with Crippen molar-refractivity contribution in [1.82, 2.24) is 5.32 Å². The zero-order valence-corrected chi connectivity index (χ0v) is 15.3. The number of halogens is 1. The van der Waals surface area contributed by atoms with Crippen LogP contribution in [0.25, 0.3) is 0 Å². The molecular weight excluding hydrogens is 366 g/mol. The number of hydrogen-bond donors (Lipinski definition) is 1. The number of nitrogens with one attached hydrogen (secondary N) is 1. The van der Waals surface area contributed by atoms with Crippen molar-refractivity contribution in [2.45, 2.75) is 22.3 Å². The fourth-order valence-corrected chi connectivity index (χ4v) is 4.53. The van der Waals surface area contributed by atoms with Crippen LogP contribution >= 0.6 is 23.4 Å². The molecule has 0 saturated carbocycles. The molecule has 0 fully saturated rings. The highest BCUT2D eigenvalue weighted by Crippen LogP contribution is 2.37. The van der Waals surface area contributed by atoms with Crippen LogP contribution in [0.15, 0.2) is 52.3 Å². The van der Waals surface area contributed by atoms with E-state index in [0.29, 0.717) is 10.6 Å². The van der Waals surface area contributed by atoms with Gasteiger partial charge in [-0.1, -0.05) is 11.6 Å². The molecule has 0 spiro atoms. The van der Waals surface area contributed by atoms with Crippen LogP contribution < -0.4 is 5.32 Å². The molecule has 3 rings (SSSR count). The molecule has 7 heteroatoms. The first-order valence-corrected chi connectivity index (χ1v) is 10.6. The van der Waals surface area contributed by atoms with E-state index in [2.05, 4.69) is 5.32 Å². The van der Waals surface area contributed by atoms with E-state index in [9.17, 15) is 13.2 Å². The molecule has 0 aromatic heterocycles. The van der Waals surface area contributed by atoms with Crippen molar-refractivity contribution in [3.8, 4) is 0 Å². The molecule has 0 bridgehead atoms. The minimum Gasteiger partial charge on any atom is -0.345 e. The minimum absolute atomic E-state index is 0.0953. The van der Waals surface area contributed by atoms with E-state index in [1.54, 1.807) is 11.8 Å². The number of carbonyl (C=O) groups is 1. The van der Waals surface area contributed by atoms with Crippen molar-refractivity contribution in [2.24, 2.45) is 0 Å². The van der Waals surface area contributed by atoms with Gasteiger partial charge < -0.3 is 5.32 Å². The normalized spacial score (nSPS) is 17.2. The summed E-state index contributed by atoms with van der Waals surface area (Å²) in [6.45, 7) is 0. The smallest absolute Gasteiger partial charge is 0.251 e. The summed E-state index contributed by atoms with van der Waals surface area (Å²) in [4.78, 5) is 13.8. The standard InChI is InChI=1S/C17H16ClNO3S2/c1-24(21,22)13-5-2-11(3-6-13)17(20)19-15-8-9-23-16-7-4-12(18)10-14(15)16/h2-7,10,15H,8-9H2,1H3,(H,19,20)/t15-/m1/s1. The molecule has 0 radical (unpaired) electrons. The summed E-state index contributed by atoms with van der Waals surface area (Å²) in [6.07, 6.45) is 1.97. The Kier molecular flexibility index (Phi) is 4.90. The predicted molar refractivity (Wildman–Crippen MR) is 96.6 cm³/mol. The highest BCUT2D eigenvalue weighted by atomic mass is 35.5. The van der Waals surface area contributed by atoms with Crippen molar-refractivity contribution in [3.05, 3.63) is 58.6 Å². The van der Waals surface area contributed by atoms with Crippen molar-refractivity contribution in [1.29, 1.82) is 0 Å². The van der Waals surface area contributed by atoms with E-state index in [4.69, 9.17) is 11.6 Å². The summed E-state index contributed by atoms with van der Waals surface area (Å²) < 4.78 is 23.0. The number of thioether (sulfide) groups is 1. The third-order valence-corrected chi connectivity index (χ3v) is 6.35. The molecule has 0 aliphatic carbocycles. The van der Waals surface area contributed by atoms with Gasteiger partial charge in [-0.2, -0.15) is 0 Å². The Labute approximate surface area is 150 Å². The Morgan fingerprint density at radius 1 is 1.21 bits per heavy atom. The summed E-state index contributed by atoms with van der Waals surface area (Å²) in [6, 6.07) is 11.6. The molecule has 1 amide bonds. The van der Waals surface area contributed by atoms with Gasteiger partial charge >= 0.3 is 0 Å². The molecule has 1 atom stereocenters. The average Bonchev–Trinajstić information content (AvgIpc) is 2.54. The molecule has 2 aromatic rings. The lowest BCUT2D eigenvalue weighted by atomic mass is 10.0. The lowest BCUT2D eigenvalue weighted by Crippen LogP contribution is -2.30. The molecular formula is C17H16ClNO3S2. The molecule has 1 aliphatic heterocycles. The van der Waals surface area contributed by atoms with Crippen molar-refractivity contribution >= 4 is 39.1 Å². The van der Waals surface area contributed by atoms with Crippen LogP contribution in [0.2, 0.25) is 5.02 Å². The van der Waals surface area contributed by atoms with E-state index in [-0.39, 0.29) is 16.8 Å². The van der Waals surface area contributed by atoms with Gasteiger partial charge in [-0.25, -0.2) is 8.42 Å². The van der Waals surface area contributed by atoms with Crippen LogP contribution in [0.1, 0.15) is 28.4 Å². The van der Waals surface area contributed by atoms with Crippen LogP contribution in [0, 0.1) is 0 Å². The molecule has 0 unspecified atom stereocenters. The van der Waals surface area contributed by atoms with Crippen LogP contribution in [0.3, 0.4) is 0 Å².